The number of allylic oxidation sites excluding steroid dienone is 4. The van der Waals surface area contributed by atoms with E-state index in [-0.39, 0.29) is 0 Å². The first-order chi connectivity index (χ1) is 10.2. The molecular formula is C20H25N. The van der Waals surface area contributed by atoms with Gasteiger partial charge in [0, 0.05) is 17.5 Å². The Kier molecular flexibility index (Phi) is 4.10. The van der Waals surface area contributed by atoms with Gasteiger partial charge in [0.1, 0.15) is 0 Å². The first kappa shape index (κ1) is 14.3. The molecule has 0 spiro atoms. The van der Waals surface area contributed by atoms with E-state index in [1.165, 1.54) is 54.4 Å². The average molecular weight is 279 g/mol. The van der Waals surface area contributed by atoms with E-state index in [1.807, 2.05) is 0 Å². The fraction of sp³-hybridized carbons (Fsp3) is 0.450. The van der Waals surface area contributed by atoms with Crippen molar-refractivity contribution in [2.45, 2.75) is 51.9 Å². The number of hydrogen-bond acceptors (Lipinski definition) is 1. The van der Waals surface area contributed by atoms with Gasteiger partial charge in [-0.1, -0.05) is 66.8 Å². The molecular weight excluding hydrogens is 254 g/mol. The lowest BCUT2D eigenvalue weighted by atomic mass is 9.80. The van der Waals surface area contributed by atoms with Crippen LogP contribution in [0.2, 0.25) is 0 Å². The second-order valence-corrected chi connectivity index (χ2v) is 6.54. The molecule has 1 unspecified atom stereocenters. The predicted octanol–water partition coefficient (Wildman–Crippen LogP) is 5.62. The summed E-state index contributed by atoms with van der Waals surface area (Å²) in [7, 11) is 0. The highest BCUT2D eigenvalue weighted by molar-refractivity contribution is 6.01. The van der Waals surface area contributed by atoms with Crippen molar-refractivity contribution in [1.82, 2.24) is 0 Å². The van der Waals surface area contributed by atoms with E-state index in [4.69, 9.17) is 5.41 Å². The molecule has 1 saturated carbocycles. The summed E-state index contributed by atoms with van der Waals surface area (Å²) in [4.78, 5) is 0. The molecule has 0 radical (unpaired) electrons. The smallest absolute Gasteiger partial charge is 0.0420 e. The fourth-order valence-corrected chi connectivity index (χ4v) is 3.72. The first-order valence-electron chi connectivity index (χ1n) is 8.22. The molecule has 1 N–H and O–H groups in total. The van der Waals surface area contributed by atoms with Crippen molar-refractivity contribution in [1.29, 1.82) is 5.41 Å². The third-order valence-corrected chi connectivity index (χ3v) is 5.23. The van der Waals surface area contributed by atoms with Crippen LogP contribution in [-0.4, -0.2) is 5.71 Å². The minimum atomic E-state index is 0.366. The summed E-state index contributed by atoms with van der Waals surface area (Å²) in [6.07, 6.45) is 10.8. The third kappa shape index (κ3) is 2.74. The third-order valence-electron chi connectivity index (χ3n) is 5.23. The molecule has 0 bridgehead atoms. The minimum Gasteiger partial charge on any atom is -0.304 e. The molecule has 1 aromatic carbocycles. The van der Waals surface area contributed by atoms with Crippen molar-refractivity contribution in [3.05, 3.63) is 58.7 Å². The molecule has 0 aliphatic heterocycles. The zero-order chi connectivity index (χ0) is 14.8. The van der Waals surface area contributed by atoms with Gasteiger partial charge in [0.05, 0.1) is 0 Å². The number of hydrogen-bond donors (Lipinski definition) is 1. The van der Waals surface area contributed by atoms with Crippen LogP contribution in [0.4, 0.5) is 0 Å². The van der Waals surface area contributed by atoms with Gasteiger partial charge in [0.25, 0.3) is 0 Å². The molecule has 0 saturated heterocycles. The van der Waals surface area contributed by atoms with E-state index < -0.39 is 0 Å². The molecule has 1 heteroatoms. The van der Waals surface area contributed by atoms with Gasteiger partial charge in [-0.3, -0.25) is 0 Å². The quantitative estimate of drug-likeness (QED) is 0.694. The van der Waals surface area contributed by atoms with Crippen molar-refractivity contribution in [2.75, 3.05) is 0 Å². The van der Waals surface area contributed by atoms with Crippen LogP contribution in [0.15, 0.2) is 47.6 Å². The summed E-state index contributed by atoms with van der Waals surface area (Å²) in [6, 6.07) is 8.56. The maximum Gasteiger partial charge on any atom is 0.0420 e. The maximum absolute atomic E-state index is 8.70. The van der Waals surface area contributed by atoms with Gasteiger partial charge in [-0.2, -0.15) is 0 Å². The van der Waals surface area contributed by atoms with Crippen LogP contribution in [0.3, 0.4) is 0 Å². The number of benzene rings is 1. The zero-order valence-corrected chi connectivity index (χ0v) is 13.2. The maximum atomic E-state index is 8.70. The van der Waals surface area contributed by atoms with E-state index in [2.05, 4.69) is 50.3 Å². The Hall–Kier alpha value is -1.63. The second kappa shape index (κ2) is 6.01. The Morgan fingerprint density at radius 1 is 1.05 bits per heavy atom. The monoisotopic (exact) mass is 279 g/mol. The van der Waals surface area contributed by atoms with Gasteiger partial charge in [-0.25, -0.2) is 0 Å². The van der Waals surface area contributed by atoms with Gasteiger partial charge in [0.15, 0.2) is 0 Å². The molecule has 21 heavy (non-hydrogen) atoms. The van der Waals surface area contributed by atoms with Crippen molar-refractivity contribution in [3.63, 3.8) is 0 Å². The lowest BCUT2D eigenvalue weighted by Crippen LogP contribution is -2.20. The van der Waals surface area contributed by atoms with Crippen molar-refractivity contribution < 1.29 is 0 Å². The van der Waals surface area contributed by atoms with E-state index in [9.17, 15) is 0 Å². The highest BCUT2D eigenvalue weighted by atomic mass is 14.5. The highest BCUT2D eigenvalue weighted by Crippen LogP contribution is 2.37. The van der Waals surface area contributed by atoms with E-state index in [1.54, 1.807) is 0 Å². The standard InChI is InChI=1S/C20H25N/c1-14-12-13-17(15(14)2)18-10-6-7-11-19(18)20(21)16-8-4-3-5-9-16/h6-7,10-13,16-17,21H,3-5,8-9H2,1-2H3. The Bertz CT molecular complexity index is 600. The van der Waals surface area contributed by atoms with Gasteiger partial charge in [-0.05, 0) is 37.8 Å². The lowest BCUT2D eigenvalue weighted by Gasteiger charge is -2.25. The van der Waals surface area contributed by atoms with E-state index in [0.29, 0.717) is 11.8 Å². The lowest BCUT2D eigenvalue weighted by molar-refractivity contribution is 0.438. The molecule has 1 atom stereocenters. The Labute approximate surface area is 128 Å². The molecule has 2 aliphatic carbocycles. The average Bonchev–Trinajstić information content (AvgIpc) is 2.87. The normalized spacial score (nSPS) is 22.9. The Balaban J connectivity index is 1.93. The number of rotatable bonds is 3. The zero-order valence-electron chi connectivity index (χ0n) is 13.2. The van der Waals surface area contributed by atoms with Crippen LogP contribution >= 0.6 is 0 Å². The SMILES string of the molecule is CC1=C(C)C(c2ccccc2C(=N)C2CCCCC2)C=C1. The molecule has 1 aromatic rings. The number of nitrogens with one attached hydrogen (secondary N) is 1. The molecule has 0 heterocycles. The molecule has 0 amide bonds. The van der Waals surface area contributed by atoms with Crippen LogP contribution < -0.4 is 0 Å². The van der Waals surface area contributed by atoms with Gasteiger partial charge in [0.2, 0.25) is 0 Å². The molecule has 2 aliphatic rings. The van der Waals surface area contributed by atoms with Crippen LogP contribution in [0.1, 0.15) is 63.0 Å². The van der Waals surface area contributed by atoms with Gasteiger partial charge < -0.3 is 5.41 Å². The van der Waals surface area contributed by atoms with Crippen LogP contribution in [-0.2, 0) is 0 Å². The Morgan fingerprint density at radius 2 is 1.76 bits per heavy atom. The van der Waals surface area contributed by atoms with E-state index >= 15 is 0 Å². The summed E-state index contributed by atoms with van der Waals surface area (Å²) in [5.74, 6) is 0.834. The summed E-state index contributed by atoms with van der Waals surface area (Å²) < 4.78 is 0. The summed E-state index contributed by atoms with van der Waals surface area (Å²) in [6.45, 7) is 4.40. The van der Waals surface area contributed by atoms with Gasteiger partial charge >= 0.3 is 0 Å². The van der Waals surface area contributed by atoms with Crippen molar-refractivity contribution in [2.24, 2.45) is 5.92 Å². The molecule has 110 valence electrons. The first-order valence-corrected chi connectivity index (χ1v) is 8.22. The largest absolute Gasteiger partial charge is 0.304 e. The van der Waals surface area contributed by atoms with Crippen molar-refractivity contribution >= 4 is 5.71 Å². The van der Waals surface area contributed by atoms with Crippen molar-refractivity contribution in [3.8, 4) is 0 Å². The summed E-state index contributed by atoms with van der Waals surface area (Å²) >= 11 is 0. The summed E-state index contributed by atoms with van der Waals surface area (Å²) in [5.41, 5.74) is 6.17. The highest BCUT2D eigenvalue weighted by Gasteiger charge is 2.25. The Morgan fingerprint density at radius 3 is 2.43 bits per heavy atom. The predicted molar refractivity (Wildman–Crippen MR) is 90.1 cm³/mol. The van der Waals surface area contributed by atoms with Crippen LogP contribution in [0.25, 0.3) is 0 Å². The van der Waals surface area contributed by atoms with Crippen LogP contribution in [0.5, 0.6) is 0 Å². The summed E-state index contributed by atoms with van der Waals surface area (Å²) in [5, 5.41) is 8.70. The second-order valence-electron chi connectivity index (χ2n) is 6.54. The fourth-order valence-electron chi connectivity index (χ4n) is 3.72. The molecule has 0 aromatic heterocycles. The molecule has 1 fully saturated rings. The molecule has 3 rings (SSSR count). The molecule has 1 nitrogen and oxygen atoms in total. The van der Waals surface area contributed by atoms with E-state index in [0.717, 1.165) is 5.71 Å². The van der Waals surface area contributed by atoms with Gasteiger partial charge in [-0.15, -0.1) is 0 Å². The topological polar surface area (TPSA) is 23.9 Å². The minimum absolute atomic E-state index is 0.366. The van der Waals surface area contributed by atoms with Crippen LogP contribution in [0, 0.1) is 11.3 Å².